The van der Waals surface area contributed by atoms with Crippen LogP contribution in [0.3, 0.4) is 0 Å². The molecule has 0 aromatic heterocycles. The largest absolute Gasteiger partial charge is 0.496 e. The number of nitro benzene ring substituents is 1. The second-order valence-electron chi connectivity index (χ2n) is 4.47. The van der Waals surface area contributed by atoms with Gasteiger partial charge in [0.25, 0.3) is 5.69 Å². The molecule has 0 aliphatic rings. The summed E-state index contributed by atoms with van der Waals surface area (Å²) in [4.78, 5) is 10.1. The van der Waals surface area contributed by atoms with Crippen molar-refractivity contribution in [2.45, 2.75) is 6.92 Å². The summed E-state index contributed by atoms with van der Waals surface area (Å²) in [5.41, 5.74) is 1.96. The van der Waals surface area contributed by atoms with Gasteiger partial charge in [-0.05, 0) is 30.7 Å². The molecule has 0 bridgehead atoms. The maximum absolute atomic E-state index is 10.6. The zero-order valence-electron chi connectivity index (χ0n) is 12.4. The first kappa shape index (κ1) is 15.4. The van der Waals surface area contributed by atoms with Crippen LogP contribution in [0.4, 0.5) is 17.1 Å². The standard InChI is InChI=1S/C15H15N3O4/c1-10-8-15(22-3)13(9-14(10)21-2)17-16-11-4-6-12(7-5-11)18(19)20/h4-9H,1-3H3. The molecule has 0 radical (unpaired) electrons. The van der Waals surface area contributed by atoms with E-state index >= 15 is 0 Å². The van der Waals surface area contributed by atoms with Gasteiger partial charge in [-0.25, -0.2) is 0 Å². The Kier molecular flexibility index (Phi) is 4.67. The van der Waals surface area contributed by atoms with Crippen LogP contribution < -0.4 is 9.47 Å². The molecule has 0 fully saturated rings. The second kappa shape index (κ2) is 6.66. The molecule has 0 amide bonds. The fraction of sp³-hybridized carbons (Fsp3) is 0.200. The van der Waals surface area contributed by atoms with Gasteiger partial charge in [0.1, 0.15) is 17.2 Å². The number of methoxy groups -OCH3 is 2. The minimum absolute atomic E-state index is 0.00790. The van der Waals surface area contributed by atoms with Gasteiger partial charge in [-0.15, -0.1) is 5.11 Å². The fourth-order valence-corrected chi connectivity index (χ4v) is 1.87. The van der Waals surface area contributed by atoms with Gasteiger partial charge in [0, 0.05) is 18.2 Å². The molecule has 2 aromatic carbocycles. The highest BCUT2D eigenvalue weighted by atomic mass is 16.6. The van der Waals surface area contributed by atoms with E-state index in [0.717, 1.165) is 5.56 Å². The molecule has 0 spiro atoms. The molecule has 0 unspecified atom stereocenters. The van der Waals surface area contributed by atoms with Crippen molar-refractivity contribution in [3.05, 3.63) is 52.1 Å². The fourth-order valence-electron chi connectivity index (χ4n) is 1.87. The van der Waals surface area contributed by atoms with Crippen molar-refractivity contribution in [2.75, 3.05) is 14.2 Å². The third-order valence-corrected chi connectivity index (χ3v) is 3.03. The lowest BCUT2D eigenvalue weighted by Crippen LogP contribution is -1.90. The number of non-ortho nitro benzene ring substituents is 1. The van der Waals surface area contributed by atoms with Gasteiger partial charge in [0.2, 0.25) is 0 Å². The summed E-state index contributed by atoms with van der Waals surface area (Å²) in [6.45, 7) is 1.90. The van der Waals surface area contributed by atoms with E-state index in [1.807, 2.05) is 13.0 Å². The van der Waals surface area contributed by atoms with Crippen LogP contribution in [0.5, 0.6) is 11.5 Å². The van der Waals surface area contributed by atoms with Gasteiger partial charge in [0.05, 0.1) is 24.8 Å². The average Bonchev–Trinajstić information content (AvgIpc) is 2.53. The van der Waals surface area contributed by atoms with Crippen LogP contribution in [0.2, 0.25) is 0 Å². The number of nitro groups is 1. The van der Waals surface area contributed by atoms with Crippen LogP contribution in [0.15, 0.2) is 46.6 Å². The summed E-state index contributed by atoms with van der Waals surface area (Å²) >= 11 is 0. The third-order valence-electron chi connectivity index (χ3n) is 3.03. The SMILES string of the molecule is COc1cc(N=Nc2ccc([N+](=O)[O-])cc2)c(OC)cc1C. The first-order chi connectivity index (χ1) is 10.5. The molecular weight excluding hydrogens is 286 g/mol. The Bertz CT molecular complexity index is 711. The Balaban J connectivity index is 2.30. The van der Waals surface area contributed by atoms with Gasteiger partial charge in [-0.3, -0.25) is 10.1 Å². The molecule has 0 saturated heterocycles. The Morgan fingerprint density at radius 2 is 1.64 bits per heavy atom. The van der Waals surface area contributed by atoms with Crippen molar-refractivity contribution in [1.82, 2.24) is 0 Å². The smallest absolute Gasteiger partial charge is 0.269 e. The topological polar surface area (TPSA) is 86.3 Å². The Morgan fingerprint density at radius 3 is 2.18 bits per heavy atom. The monoisotopic (exact) mass is 301 g/mol. The molecule has 7 nitrogen and oxygen atoms in total. The maximum Gasteiger partial charge on any atom is 0.269 e. The molecular formula is C15H15N3O4. The number of ether oxygens (including phenoxy) is 2. The van der Waals surface area contributed by atoms with Gasteiger partial charge in [-0.1, -0.05) is 0 Å². The van der Waals surface area contributed by atoms with E-state index in [1.165, 1.54) is 24.3 Å². The zero-order valence-corrected chi connectivity index (χ0v) is 12.4. The number of hydrogen-bond acceptors (Lipinski definition) is 6. The van der Waals surface area contributed by atoms with Gasteiger partial charge >= 0.3 is 0 Å². The quantitative estimate of drug-likeness (QED) is 0.467. The zero-order chi connectivity index (χ0) is 16.1. The van der Waals surface area contributed by atoms with E-state index in [2.05, 4.69) is 10.2 Å². The van der Waals surface area contributed by atoms with Crippen LogP contribution in [0.1, 0.15) is 5.56 Å². The molecule has 7 heteroatoms. The predicted octanol–water partition coefficient (Wildman–Crippen LogP) is 4.34. The lowest BCUT2D eigenvalue weighted by atomic mass is 10.2. The van der Waals surface area contributed by atoms with Gasteiger partial charge in [0.15, 0.2) is 0 Å². The van der Waals surface area contributed by atoms with Crippen LogP contribution in [0.25, 0.3) is 0 Å². The highest BCUT2D eigenvalue weighted by Gasteiger charge is 2.08. The summed E-state index contributed by atoms with van der Waals surface area (Å²) < 4.78 is 10.5. The Morgan fingerprint density at radius 1 is 1.00 bits per heavy atom. The minimum atomic E-state index is -0.464. The van der Waals surface area contributed by atoms with Crippen molar-refractivity contribution in [2.24, 2.45) is 10.2 Å². The number of aryl methyl sites for hydroxylation is 1. The van der Waals surface area contributed by atoms with Crippen LogP contribution in [0, 0.1) is 17.0 Å². The molecule has 0 aliphatic carbocycles. The van der Waals surface area contributed by atoms with Crippen LogP contribution >= 0.6 is 0 Å². The normalized spacial score (nSPS) is 10.7. The van der Waals surface area contributed by atoms with E-state index in [1.54, 1.807) is 20.3 Å². The summed E-state index contributed by atoms with van der Waals surface area (Å²) in [5.74, 6) is 1.25. The van der Waals surface area contributed by atoms with Crippen molar-refractivity contribution in [3.8, 4) is 11.5 Å². The molecule has 0 atom stereocenters. The average molecular weight is 301 g/mol. The van der Waals surface area contributed by atoms with E-state index in [-0.39, 0.29) is 5.69 Å². The van der Waals surface area contributed by atoms with Crippen molar-refractivity contribution >= 4 is 17.1 Å². The molecule has 0 heterocycles. The van der Waals surface area contributed by atoms with Crippen LogP contribution in [-0.2, 0) is 0 Å². The van der Waals surface area contributed by atoms with Gasteiger partial charge < -0.3 is 9.47 Å². The molecule has 2 rings (SSSR count). The molecule has 0 saturated carbocycles. The van der Waals surface area contributed by atoms with E-state index in [4.69, 9.17) is 9.47 Å². The lowest BCUT2D eigenvalue weighted by molar-refractivity contribution is -0.384. The van der Waals surface area contributed by atoms with Crippen molar-refractivity contribution in [3.63, 3.8) is 0 Å². The first-order valence-electron chi connectivity index (χ1n) is 6.44. The summed E-state index contributed by atoms with van der Waals surface area (Å²) in [5, 5.41) is 18.8. The van der Waals surface area contributed by atoms with Gasteiger partial charge in [-0.2, -0.15) is 5.11 Å². The summed E-state index contributed by atoms with van der Waals surface area (Å²) in [6.07, 6.45) is 0. The highest BCUT2D eigenvalue weighted by Crippen LogP contribution is 2.35. The Hall–Kier alpha value is -2.96. The van der Waals surface area contributed by atoms with Crippen molar-refractivity contribution < 1.29 is 14.4 Å². The second-order valence-corrected chi connectivity index (χ2v) is 4.47. The maximum atomic E-state index is 10.6. The molecule has 114 valence electrons. The number of hydrogen-bond donors (Lipinski definition) is 0. The number of benzene rings is 2. The first-order valence-corrected chi connectivity index (χ1v) is 6.44. The lowest BCUT2D eigenvalue weighted by Gasteiger charge is -2.09. The highest BCUT2D eigenvalue weighted by molar-refractivity contribution is 5.58. The molecule has 2 aromatic rings. The number of azo groups is 1. The molecule has 0 N–H and O–H groups in total. The van der Waals surface area contributed by atoms with E-state index < -0.39 is 4.92 Å². The minimum Gasteiger partial charge on any atom is -0.496 e. The third kappa shape index (κ3) is 3.38. The summed E-state index contributed by atoms with van der Waals surface area (Å²) in [7, 11) is 3.12. The predicted molar refractivity (Wildman–Crippen MR) is 81.6 cm³/mol. The molecule has 22 heavy (non-hydrogen) atoms. The number of nitrogens with zero attached hydrogens (tertiary/aromatic N) is 3. The summed E-state index contributed by atoms with van der Waals surface area (Å²) in [6, 6.07) is 9.34. The van der Waals surface area contributed by atoms with Crippen molar-refractivity contribution in [1.29, 1.82) is 0 Å². The van der Waals surface area contributed by atoms with E-state index in [9.17, 15) is 10.1 Å². The van der Waals surface area contributed by atoms with E-state index in [0.29, 0.717) is 22.9 Å². The Labute approximate surface area is 127 Å². The number of rotatable bonds is 5. The van der Waals surface area contributed by atoms with Crippen LogP contribution in [-0.4, -0.2) is 19.1 Å². The molecule has 0 aliphatic heterocycles.